The second kappa shape index (κ2) is 6.72. The Kier molecular flexibility index (Phi) is 4.24. The molecule has 0 radical (unpaired) electrons. The summed E-state index contributed by atoms with van der Waals surface area (Å²) in [4.78, 5) is 20.2. The molecule has 1 heterocycles. The summed E-state index contributed by atoms with van der Waals surface area (Å²) in [7, 11) is 4.00. The van der Waals surface area contributed by atoms with Gasteiger partial charge in [-0.15, -0.1) is 0 Å². The van der Waals surface area contributed by atoms with Crippen molar-refractivity contribution in [2.75, 3.05) is 19.0 Å². The highest BCUT2D eigenvalue weighted by Gasteiger charge is 2.46. The van der Waals surface area contributed by atoms with Gasteiger partial charge in [0.1, 0.15) is 5.84 Å². The van der Waals surface area contributed by atoms with Crippen LogP contribution in [0.4, 0.5) is 5.69 Å². The third kappa shape index (κ3) is 2.89. The summed E-state index contributed by atoms with van der Waals surface area (Å²) < 4.78 is 0. The minimum Gasteiger partial charge on any atom is -0.378 e. The Balaban J connectivity index is 1.86. The van der Waals surface area contributed by atoms with E-state index in [2.05, 4.69) is 5.32 Å². The van der Waals surface area contributed by atoms with Gasteiger partial charge >= 0.3 is 0 Å². The standard InChI is InChI=1S/C23H21N3O/c1-26(2)20-15-13-17(14-16-20)21-24-22(27)23(25-21,18-9-5-3-6-10-18)19-11-7-4-8-12-19/h3-16H,1-2H3,(H,24,25,27). The van der Waals surface area contributed by atoms with E-state index in [1.54, 1.807) is 0 Å². The molecule has 0 unspecified atom stereocenters. The largest absolute Gasteiger partial charge is 0.378 e. The number of carbonyl (C=O) groups excluding carboxylic acids is 1. The maximum Gasteiger partial charge on any atom is 0.262 e. The highest BCUT2D eigenvalue weighted by Crippen LogP contribution is 2.37. The maximum absolute atomic E-state index is 13.2. The molecule has 1 aliphatic heterocycles. The topological polar surface area (TPSA) is 44.7 Å². The van der Waals surface area contributed by atoms with Gasteiger partial charge < -0.3 is 10.2 Å². The Morgan fingerprint density at radius 2 is 1.30 bits per heavy atom. The van der Waals surface area contributed by atoms with Crippen molar-refractivity contribution in [2.24, 2.45) is 4.99 Å². The van der Waals surface area contributed by atoms with Crippen molar-refractivity contribution in [3.63, 3.8) is 0 Å². The van der Waals surface area contributed by atoms with E-state index in [-0.39, 0.29) is 5.91 Å². The maximum atomic E-state index is 13.2. The van der Waals surface area contributed by atoms with Crippen LogP contribution in [0.5, 0.6) is 0 Å². The van der Waals surface area contributed by atoms with E-state index in [1.165, 1.54) is 0 Å². The normalized spacial score (nSPS) is 15.2. The predicted octanol–water partition coefficient (Wildman–Crippen LogP) is 3.57. The molecule has 4 heteroatoms. The van der Waals surface area contributed by atoms with Crippen LogP contribution in [0.1, 0.15) is 16.7 Å². The molecule has 0 saturated heterocycles. The fourth-order valence-corrected chi connectivity index (χ4v) is 3.42. The van der Waals surface area contributed by atoms with Crippen LogP contribution in [-0.4, -0.2) is 25.8 Å². The molecule has 1 N–H and O–H groups in total. The van der Waals surface area contributed by atoms with Crippen molar-refractivity contribution in [1.29, 1.82) is 0 Å². The Bertz CT molecular complexity index is 938. The van der Waals surface area contributed by atoms with Gasteiger partial charge in [0.05, 0.1) is 0 Å². The molecule has 0 saturated carbocycles. The number of aliphatic imine (C=N–C) groups is 1. The van der Waals surface area contributed by atoms with Gasteiger partial charge in [-0.1, -0.05) is 60.7 Å². The highest BCUT2D eigenvalue weighted by molar-refractivity contribution is 6.16. The average molecular weight is 355 g/mol. The van der Waals surface area contributed by atoms with Gasteiger partial charge in [0.2, 0.25) is 0 Å². The Morgan fingerprint density at radius 1 is 0.778 bits per heavy atom. The fraction of sp³-hybridized carbons (Fsp3) is 0.130. The molecule has 3 aromatic rings. The van der Waals surface area contributed by atoms with Gasteiger partial charge in [-0.05, 0) is 35.4 Å². The van der Waals surface area contributed by atoms with Crippen molar-refractivity contribution >= 4 is 17.4 Å². The molecular formula is C23H21N3O. The lowest BCUT2D eigenvalue weighted by atomic mass is 9.83. The van der Waals surface area contributed by atoms with Crippen LogP contribution in [0.15, 0.2) is 89.9 Å². The first kappa shape index (κ1) is 17.0. The van der Waals surface area contributed by atoms with Gasteiger partial charge in [-0.25, -0.2) is 4.99 Å². The highest BCUT2D eigenvalue weighted by atomic mass is 16.2. The molecule has 27 heavy (non-hydrogen) atoms. The third-order valence-electron chi connectivity index (χ3n) is 4.88. The van der Waals surface area contributed by atoms with Crippen LogP contribution in [0.25, 0.3) is 0 Å². The number of hydrogen-bond donors (Lipinski definition) is 1. The van der Waals surface area contributed by atoms with Crippen molar-refractivity contribution in [3.8, 4) is 0 Å². The van der Waals surface area contributed by atoms with E-state index in [1.807, 2.05) is 104 Å². The summed E-state index contributed by atoms with van der Waals surface area (Å²) >= 11 is 0. The van der Waals surface area contributed by atoms with E-state index in [0.717, 1.165) is 22.4 Å². The number of nitrogens with one attached hydrogen (secondary N) is 1. The zero-order valence-corrected chi connectivity index (χ0v) is 15.4. The number of rotatable bonds is 4. The second-order valence-electron chi connectivity index (χ2n) is 6.80. The Morgan fingerprint density at radius 3 is 1.78 bits per heavy atom. The first-order valence-electron chi connectivity index (χ1n) is 8.91. The van der Waals surface area contributed by atoms with Crippen LogP contribution < -0.4 is 10.2 Å². The van der Waals surface area contributed by atoms with Gasteiger partial charge in [0, 0.05) is 25.3 Å². The first-order chi connectivity index (χ1) is 13.1. The van der Waals surface area contributed by atoms with E-state index in [0.29, 0.717) is 5.84 Å². The summed E-state index contributed by atoms with van der Waals surface area (Å²) in [5.41, 5.74) is 2.63. The number of benzene rings is 3. The molecule has 3 aromatic carbocycles. The lowest BCUT2D eigenvalue weighted by molar-refractivity contribution is -0.122. The molecule has 134 valence electrons. The van der Waals surface area contributed by atoms with E-state index < -0.39 is 5.54 Å². The van der Waals surface area contributed by atoms with Crippen LogP contribution in [0.3, 0.4) is 0 Å². The second-order valence-corrected chi connectivity index (χ2v) is 6.80. The molecule has 0 fully saturated rings. The number of nitrogens with zero attached hydrogens (tertiary/aromatic N) is 2. The molecule has 1 aliphatic rings. The number of amides is 1. The van der Waals surface area contributed by atoms with Gasteiger partial charge in [-0.3, -0.25) is 4.79 Å². The van der Waals surface area contributed by atoms with Crippen molar-refractivity contribution in [3.05, 3.63) is 102 Å². The summed E-state index contributed by atoms with van der Waals surface area (Å²) in [6.07, 6.45) is 0. The smallest absolute Gasteiger partial charge is 0.262 e. The van der Waals surface area contributed by atoms with Gasteiger partial charge in [-0.2, -0.15) is 0 Å². The Hall–Kier alpha value is -3.40. The van der Waals surface area contributed by atoms with Gasteiger partial charge in [0.15, 0.2) is 5.54 Å². The van der Waals surface area contributed by atoms with E-state index in [4.69, 9.17) is 4.99 Å². The number of anilines is 1. The lowest BCUT2D eigenvalue weighted by Crippen LogP contribution is -2.38. The van der Waals surface area contributed by atoms with Crippen LogP contribution in [0.2, 0.25) is 0 Å². The summed E-state index contributed by atoms with van der Waals surface area (Å²) in [5.74, 6) is 0.463. The monoisotopic (exact) mass is 355 g/mol. The quantitative estimate of drug-likeness (QED) is 0.778. The van der Waals surface area contributed by atoms with Crippen LogP contribution in [-0.2, 0) is 10.3 Å². The Labute approximate surface area is 159 Å². The molecule has 0 aliphatic carbocycles. The molecular weight excluding hydrogens is 334 g/mol. The molecule has 4 rings (SSSR count). The van der Waals surface area contributed by atoms with Crippen molar-refractivity contribution in [2.45, 2.75) is 5.54 Å². The molecule has 1 amide bonds. The summed E-state index contributed by atoms with van der Waals surface area (Å²) in [5, 5.41) is 3.00. The first-order valence-corrected chi connectivity index (χ1v) is 8.91. The average Bonchev–Trinajstić information content (AvgIpc) is 3.07. The molecule has 4 nitrogen and oxygen atoms in total. The van der Waals surface area contributed by atoms with E-state index in [9.17, 15) is 4.79 Å². The minimum absolute atomic E-state index is 0.133. The van der Waals surface area contributed by atoms with Crippen LogP contribution in [0, 0.1) is 0 Å². The zero-order chi connectivity index (χ0) is 18.9. The lowest BCUT2D eigenvalue weighted by Gasteiger charge is -2.24. The molecule has 0 spiro atoms. The van der Waals surface area contributed by atoms with Crippen LogP contribution >= 0.6 is 0 Å². The summed E-state index contributed by atoms with van der Waals surface area (Å²) in [6.45, 7) is 0. The zero-order valence-electron chi connectivity index (χ0n) is 15.4. The molecule has 0 aromatic heterocycles. The number of amidine groups is 1. The van der Waals surface area contributed by atoms with E-state index >= 15 is 0 Å². The fourth-order valence-electron chi connectivity index (χ4n) is 3.42. The van der Waals surface area contributed by atoms with Crippen molar-refractivity contribution in [1.82, 2.24) is 5.32 Å². The van der Waals surface area contributed by atoms with Gasteiger partial charge in [0.25, 0.3) is 5.91 Å². The molecule has 0 atom stereocenters. The predicted molar refractivity (Wildman–Crippen MR) is 109 cm³/mol. The SMILES string of the molecule is CN(C)c1ccc(C2=NC(c3ccccc3)(c3ccccc3)C(=O)N2)cc1. The number of hydrogen-bond acceptors (Lipinski definition) is 3. The molecule has 0 bridgehead atoms. The third-order valence-corrected chi connectivity index (χ3v) is 4.88. The minimum atomic E-state index is -1.07. The number of carbonyl (C=O) groups is 1. The van der Waals surface area contributed by atoms with Crippen molar-refractivity contribution < 1.29 is 4.79 Å². The summed E-state index contributed by atoms with van der Waals surface area (Å²) in [6, 6.07) is 27.5.